The normalized spacial score (nSPS) is 26.1. The summed E-state index contributed by atoms with van der Waals surface area (Å²) in [4.78, 5) is 2.19. The molecule has 0 amide bonds. The second-order valence-corrected chi connectivity index (χ2v) is 9.40. The Labute approximate surface area is 128 Å². The number of rotatable bonds is 7. The van der Waals surface area contributed by atoms with Crippen molar-refractivity contribution in [2.24, 2.45) is 0 Å². The van der Waals surface area contributed by atoms with Crippen molar-refractivity contribution in [3.8, 4) is 0 Å². The molecule has 0 aromatic rings. The van der Waals surface area contributed by atoms with E-state index in [0.29, 0.717) is 6.04 Å². The van der Waals surface area contributed by atoms with Crippen LogP contribution in [-0.2, 0) is 9.84 Å². The smallest absolute Gasteiger partial charge is 0.166 e. The molecule has 1 unspecified atom stereocenters. The summed E-state index contributed by atoms with van der Waals surface area (Å²) in [5.74, 6) is 2.06. The van der Waals surface area contributed by atoms with Crippen molar-refractivity contribution in [2.45, 2.75) is 50.4 Å². The average molecular weight is 321 g/mol. The van der Waals surface area contributed by atoms with Crippen LogP contribution in [0.5, 0.6) is 0 Å². The molecule has 4 nitrogen and oxygen atoms in total. The monoisotopic (exact) mass is 320 g/mol. The summed E-state index contributed by atoms with van der Waals surface area (Å²) in [6, 6.07) is 0.710. The standard InChI is InChI=1S/C14H28N2O2S2/c1-2-20(17,18)14-12-19-11-10-16(14)9-5-8-15-13-6-3-4-7-13/h13-15H,2-12H2,1H3. The maximum absolute atomic E-state index is 12.1. The first kappa shape index (κ1) is 16.6. The molecule has 0 bridgehead atoms. The predicted molar refractivity (Wildman–Crippen MR) is 87.0 cm³/mol. The van der Waals surface area contributed by atoms with Gasteiger partial charge in [0.1, 0.15) is 5.37 Å². The van der Waals surface area contributed by atoms with Crippen molar-refractivity contribution in [1.29, 1.82) is 0 Å². The minimum absolute atomic E-state index is 0.252. The van der Waals surface area contributed by atoms with Crippen molar-refractivity contribution in [3.05, 3.63) is 0 Å². The van der Waals surface area contributed by atoms with Crippen molar-refractivity contribution in [3.63, 3.8) is 0 Å². The van der Waals surface area contributed by atoms with Crippen LogP contribution >= 0.6 is 11.8 Å². The number of nitrogens with one attached hydrogen (secondary N) is 1. The van der Waals surface area contributed by atoms with E-state index in [9.17, 15) is 8.42 Å². The van der Waals surface area contributed by atoms with E-state index in [-0.39, 0.29) is 11.1 Å². The first-order valence-corrected chi connectivity index (χ1v) is 10.8. The Hall–Kier alpha value is 0.220. The summed E-state index contributed by atoms with van der Waals surface area (Å²) in [6.07, 6.45) is 6.40. The highest BCUT2D eigenvalue weighted by Crippen LogP contribution is 2.21. The lowest BCUT2D eigenvalue weighted by atomic mass is 10.2. The van der Waals surface area contributed by atoms with Gasteiger partial charge in [-0.1, -0.05) is 19.8 Å². The van der Waals surface area contributed by atoms with E-state index in [2.05, 4.69) is 10.2 Å². The molecule has 0 radical (unpaired) electrons. The molecule has 2 aliphatic rings. The van der Waals surface area contributed by atoms with Gasteiger partial charge in [-0.2, -0.15) is 11.8 Å². The van der Waals surface area contributed by atoms with Gasteiger partial charge in [-0.15, -0.1) is 0 Å². The van der Waals surface area contributed by atoms with Crippen LogP contribution in [0.3, 0.4) is 0 Å². The largest absolute Gasteiger partial charge is 0.314 e. The zero-order chi connectivity index (χ0) is 14.4. The second-order valence-electron chi connectivity index (χ2n) is 5.81. The molecule has 2 rings (SSSR count). The Morgan fingerprint density at radius 3 is 2.75 bits per heavy atom. The summed E-state index contributed by atoms with van der Waals surface area (Å²) >= 11 is 1.77. The molecule has 1 saturated heterocycles. The summed E-state index contributed by atoms with van der Waals surface area (Å²) in [7, 11) is -2.94. The van der Waals surface area contributed by atoms with Gasteiger partial charge in [0, 0.05) is 36.4 Å². The lowest BCUT2D eigenvalue weighted by molar-refractivity contribution is 0.264. The Morgan fingerprint density at radius 2 is 2.05 bits per heavy atom. The van der Waals surface area contributed by atoms with E-state index in [1.54, 1.807) is 18.7 Å². The van der Waals surface area contributed by atoms with Crippen LogP contribution in [0.2, 0.25) is 0 Å². The van der Waals surface area contributed by atoms with Crippen LogP contribution in [0, 0.1) is 0 Å². The zero-order valence-electron chi connectivity index (χ0n) is 12.5. The molecule has 20 heavy (non-hydrogen) atoms. The minimum atomic E-state index is -2.94. The lowest BCUT2D eigenvalue weighted by Crippen LogP contribution is -2.48. The highest BCUT2D eigenvalue weighted by atomic mass is 32.2. The third-order valence-corrected chi connectivity index (χ3v) is 7.75. The Kier molecular flexibility index (Phi) is 6.65. The van der Waals surface area contributed by atoms with Crippen LogP contribution < -0.4 is 5.32 Å². The number of thioether (sulfide) groups is 1. The van der Waals surface area contributed by atoms with Crippen LogP contribution in [0.25, 0.3) is 0 Å². The number of hydrogen-bond donors (Lipinski definition) is 1. The fraction of sp³-hybridized carbons (Fsp3) is 1.00. The van der Waals surface area contributed by atoms with Crippen molar-refractivity contribution in [2.75, 3.05) is 36.9 Å². The predicted octanol–water partition coefficient (Wildman–Crippen LogP) is 1.72. The fourth-order valence-electron chi connectivity index (χ4n) is 3.11. The Balaban J connectivity index is 1.74. The molecule has 1 aliphatic carbocycles. The van der Waals surface area contributed by atoms with Crippen LogP contribution in [-0.4, -0.2) is 61.6 Å². The molecule has 118 valence electrons. The third kappa shape index (κ3) is 4.61. The molecule has 2 fully saturated rings. The topological polar surface area (TPSA) is 49.4 Å². The van der Waals surface area contributed by atoms with E-state index in [0.717, 1.165) is 37.6 Å². The number of nitrogens with zero attached hydrogens (tertiary/aromatic N) is 1. The van der Waals surface area contributed by atoms with Crippen molar-refractivity contribution < 1.29 is 8.42 Å². The van der Waals surface area contributed by atoms with E-state index >= 15 is 0 Å². The fourth-order valence-corrected chi connectivity index (χ4v) is 6.22. The molecule has 0 aromatic carbocycles. The maximum Gasteiger partial charge on any atom is 0.166 e. The molecule has 1 heterocycles. The first-order valence-electron chi connectivity index (χ1n) is 7.90. The minimum Gasteiger partial charge on any atom is -0.314 e. The van der Waals surface area contributed by atoms with E-state index in [4.69, 9.17) is 0 Å². The SMILES string of the molecule is CCS(=O)(=O)C1CSCCN1CCCNC1CCCC1. The molecular weight excluding hydrogens is 292 g/mol. The van der Waals surface area contributed by atoms with Gasteiger partial charge >= 0.3 is 0 Å². The molecule has 6 heteroatoms. The van der Waals surface area contributed by atoms with Crippen LogP contribution in [0.15, 0.2) is 0 Å². The van der Waals surface area contributed by atoms with Gasteiger partial charge in [-0.25, -0.2) is 8.42 Å². The number of hydrogen-bond acceptors (Lipinski definition) is 5. The molecule has 1 N–H and O–H groups in total. The first-order chi connectivity index (χ1) is 9.63. The quantitative estimate of drug-likeness (QED) is 0.724. The van der Waals surface area contributed by atoms with Gasteiger partial charge in [0.15, 0.2) is 9.84 Å². The lowest BCUT2D eigenvalue weighted by Gasteiger charge is -2.34. The highest BCUT2D eigenvalue weighted by Gasteiger charge is 2.32. The van der Waals surface area contributed by atoms with Crippen LogP contribution in [0.1, 0.15) is 39.0 Å². The van der Waals surface area contributed by atoms with Crippen molar-refractivity contribution >= 4 is 21.6 Å². The third-order valence-electron chi connectivity index (χ3n) is 4.42. The van der Waals surface area contributed by atoms with Gasteiger partial charge in [-0.05, 0) is 25.8 Å². The molecule has 0 spiro atoms. The molecular formula is C14H28N2O2S2. The summed E-state index contributed by atoms with van der Waals surface area (Å²) < 4.78 is 24.3. The van der Waals surface area contributed by atoms with E-state index in [1.807, 2.05) is 0 Å². The van der Waals surface area contributed by atoms with E-state index in [1.165, 1.54) is 25.7 Å². The van der Waals surface area contributed by atoms with Gasteiger partial charge < -0.3 is 5.32 Å². The highest BCUT2D eigenvalue weighted by molar-refractivity contribution is 8.01. The summed E-state index contributed by atoms with van der Waals surface area (Å²) in [6.45, 7) is 4.60. The second kappa shape index (κ2) is 8.01. The molecule has 1 atom stereocenters. The summed E-state index contributed by atoms with van der Waals surface area (Å²) in [5, 5.41) is 3.36. The van der Waals surface area contributed by atoms with Gasteiger partial charge in [-0.3, -0.25) is 4.90 Å². The Bertz CT molecular complexity index is 381. The van der Waals surface area contributed by atoms with Gasteiger partial charge in [0.25, 0.3) is 0 Å². The van der Waals surface area contributed by atoms with E-state index < -0.39 is 9.84 Å². The van der Waals surface area contributed by atoms with Gasteiger partial charge in [0.2, 0.25) is 0 Å². The van der Waals surface area contributed by atoms with Crippen molar-refractivity contribution in [1.82, 2.24) is 10.2 Å². The summed E-state index contributed by atoms with van der Waals surface area (Å²) in [5.41, 5.74) is 0. The maximum atomic E-state index is 12.1. The molecule has 1 aliphatic heterocycles. The zero-order valence-corrected chi connectivity index (χ0v) is 14.1. The molecule has 0 aromatic heterocycles. The molecule has 1 saturated carbocycles. The average Bonchev–Trinajstić information content (AvgIpc) is 2.97. The Morgan fingerprint density at radius 1 is 1.30 bits per heavy atom. The van der Waals surface area contributed by atoms with Gasteiger partial charge in [0.05, 0.1) is 0 Å². The van der Waals surface area contributed by atoms with Crippen LogP contribution in [0.4, 0.5) is 0 Å². The number of sulfone groups is 1.